The van der Waals surface area contributed by atoms with Crippen molar-refractivity contribution >= 4 is 41.9 Å². The van der Waals surface area contributed by atoms with E-state index in [0.717, 1.165) is 16.8 Å². The number of hydrogen-bond acceptors (Lipinski definition) is 4. The Bertz CT molecular complexity index is 1450. The molecular formula is C28H26N4O4P+. The Morgan fingerprint density at radius 2 is 1.46 bits per heavy atom. The summed E-state index contributed by atoms with van der Waals surface area (Å²) >= 11 is 0. The van der Waals surface area contributed by atoms with Gasteiger partial charge < -0.3 is 14.7 Å². The molecule has 0 aliphatic carbocycles. The van der Waals surface area contributed by atoms with Crippen LogP contribution in [-0.4, -0.2) is 22.7 Å². The molecule has 37 heavy (non-hydrogen) atoms. The van der Waals surface area contributed by atoms with Crippen molar-refractivity contribution in [2.24, 2.45) is 10.2 Å². The van der Waals surface area contributed by atoms with E-state index in [1.54, 1.807) is 48.4 Å². The maximum atomic E-state index is 12.5. The zero-order valence-electron chi connectivity index (χ0n) is 20.1. The Morgan fingerprint density at radius 3 is 2.05 bits per heavy atom. The summed E-state index contributed by atoms with van der Waals surface area (Å²) < 4.78 is 13.2. The quantitative estimate of drug-likeness (QED) is 0.151. The molecule has 186 valence electrons. The first kappa shape index (κ1) is 25.9. The van der Waals surface area contributed by atoms with Gasteiger partial charge in [0.1, 0.15) is 0 Å². The summed E-state index contributed by atoms with van der Waals surface area (Å²) in [5.41, 5.74) is 3.96. The number of amides is 1. The number of nitrogens with zero attached hydrogens (tertiary/aromatic N) is 4. The molecule has 1 heterocycles. The number of carbonyl (C=O) groups is 1. The van der Waals surface area contributed by atoms with Crippen LogP contribution in [0.15, 0.2) is 120 Å². The molecule has 8 nitrogen and oxygen atoms in total. The number of likely N-dealkylation sites (N-methyl/N-ethyl adjacent to an activating group) is 1. The second-order valence-corrected chi connectivity index (χ2v) is 9.90. The molecule has 0 bridgehead atoms. The van der Waals surface area contributed by atoms with Crippen LogP contribution in [0.25, 0.3) is 6.08 Å². The number of rotatable bonds is 8. The highest BCUT2D eigenvalue weighted by molar-refractivity contribution is 7.60. The number of hydrogen-bond donors (Lipinski definition) is 2. The van der Waals surface area contributed by atoms with E-state index in [-0.39, 0.29) is 11.2 Å². The molecule has 0 fully saturated rings. The molecule has 0 radical (unpaired) electrons. The van der Waals surface area contributed by atoms with Gasteiger partial charge in [-0.1, -0.05) is 42.5 Å². The van der Waals surface area contributed by atoms with Gasteiger partial charge in [0.25, 0.3) is 5.91 Å². The van der Waals surface area contributed by atoms with E-state index in [0.29, 0.717) is 17.9 Å². The number of azo groups is 1. The number of carbonyl (C=O) groups excluding carboxylic acids is 1. The van der Waals surface area contributed by atoms with Gasteiger partial charge in [0.05, 0.1) is 16.7 Å². The van der Waals surface area contributed by atoms with Crippen molar-refractivity contribution in [2.75, 3.05) is 11.9 Å². The second-order valence-electron chi connectivity index (χ2n) is 8.30. The summed E-state index contributed by atoms with van der Waals surface area (Å²) in [7, 11) is -2.51. The maximum Gasteiger partial charge on any atom is 0.356 e. The van der Waals surface area contributed by atoms with Crippen LogP contribution in [0.2, 0.25) is 0 Å². The lowest BCUT2D eigenvalue weighted by atomic mass is 10.2. The fourth-order valence-electron chi connectivity index (χ4n) is 3.46. The van der Waals surface area contributed by atoms with Crippen molar-refractivity contribution in [3.05, 3.63) is 121 Å². The predicted molar refractivity (Wildman–Crippen MR) is 143 cm³/mol. The van der Waals surface area contributed by atoms with E-state index >= 15 is 0 Å². The van der Waals surface area contributed by atoms with Gasteiger partial charge in [-0.15, -0.1) is 0 Å². The van der Waals surface area contributed by atoms with Crippen molar-refractivity contribution in [2.45, 2.75) is 6.54 Å². The van der Waals surface area contributed by atoms with Crippen LogP contribution in [-0.2, 0) is 15.9 Å². The Labute approximate surface area is 215 Å². The Balaban J connectivity index is 1.33. The van der Waals surface area contributed by atoms with E-state index in [1.807, 2.05) is 71.6 Å². The van der Waals surface area contributed by atoms with Gasteiger partial charge in [-0.2, -0.15) is 10.2 Å². The van der Waals surface area contributed by atoms with Crippen molar-refractivity contribution in [3.63, 3.8) is 0 Å². The molecule has 0 saturated heterocycles. The predicted octanol–water partition coefficient (Wildman–Crippen LogP) is 4.92. The van der Waals surface area contributed by atoms with Crippen molar-refractivity contribution in [1.29, 1.82) is 0 Å². The zero-order chi connectivity index (χ0) is 26.3. The molecule has 0 atom stereocenters. The third kappa shape index (κ3) is 7.38. The highest BCUT2D eigenvalue weighted by Crippen LogP contribution is 2.32. The highest BCUT2D eigenvalue weighted by atomic mass is 31.2. The normalized spacial score (nSPS) is 11.8. The molecule has 4 rings (SSSR count). The number of anilines is 1. The van der Waals surface area contributed by atoms with Crippen molar-refractivity contribution in [1.82, 2.24) is 0 Å². The van der Waals surface area contributed by atoms with Crippen LogP contribution in [0.1, 0.15) is 11.1 Å². The lowest BCUT2D eigenvalue weighted by molar-refractivity contribution is -0.688. The highest BCUT2D eigenvalue weighted by Gasteiger charge is 2.16. The van der Waals surface area contributed by atoms with E-state index < -0.39 is 7.60 Å². The third-order valence-corrected chi connectivity index (χ3v) is 6.55. The zero-order valence-corrected chi connectivity index (χ0v) is 21.0. The molecule has 0 spiro atoms. The Hall–Kier alpha value is -4.23. The van der Waals surface area contributed by atoms with Gasteiger partial charge in [-0.05, 0) is 48.0 Å². The van der Waals surface area contributed by atoms with Gasteiger partial charge in [0, 0.05) is 36.5 Å². The molecule has 3 aromatic carbocycles. The largest absolute Gasteiger partial charge is 0.356 e. The summed E-state index contributed by atoms with van der Waals surface area (Å²) in [6.07, 6.45) is 7.05. The van der Waals surface area contributed by atoms with Crippen LogP contribution in [0.4, 0.5) is 17.1 Å². The van der Waals surface area contributed by atoms with Crippen molar-refractivity contribution < 1.29 is 23.7 Å². The van der Waals surface area contributed by atoms with Gasteiger partial charge in [-0.3, -0.25) is 9.36 Å². The minimum atomic E-state index is -4.24. The van der Waals surface area contributed by atoms with Crippen molar-refractivity contribution in [3.8, 4) is 0 Å². The summed E-state index contributed by atoms with van der Waals surface area (Å²) in [5, 5.41) is 8.54. The monoisotopic (exact) mass is 513 g/mol. The fourth-order valence-corrected chi connectivity index (χ4v) is 3.99. The van der Waals surface area contributed by atoms with Crippen LogP contribution in [0.5, 0.6) is 0 Å². The molecule has 9 heteroatoms. The van der Waals surface area contributed by atoms with Crippen LogP contribution in [0.3, 0.4) is 0 Å². The SMILES string of the molecule is CN(C(=O)/C=C/c1ccccc1)c1ccc(/N=N/c2cc[n+](Cc3ccc(P(=O)(O)O)cc3)cc2)cc1. The second kappa shape index (κ2) is 11.7. The van der Waals surface area contributed by atoms with E-state index in [1.165, 1.54) is 12.1 Å². The lowest BCUT2D eigenvalue weighted by Crippen LogP contribution is -2.32. The standard InChI is InChI=1S/C28H25N4O4P/c1-31(28(33)16-9-22-5-3-2-4-6-22)26-12-10-24(11-13-26)29-30-25-17-19-32(20-18-25)21-23-7-14-27(15-8-23)37(34,35)36/h2-20H,21H2,1H3,(H-,34,35,36)/p+1/b16-9+. The van der Waals surface area contributed by atoms with Gasteiger partial charge >= 0.3 is 7.60 Å². The molecule has 0 aliphatic heterocycles. The Morgan fingerprint density at radius 1 is 0.865 bits per heavy atom. The molecule has 0 aliphatic rings. The minimum absolute atomic E-state index is 0.00295. The molecular weight excluding hydrogens is 487 g/mol. The summed E-state index contributed by atoms with van der Waals surface area (Å²) in [5.74, 6) is -0.131. The first-order valence-electron chi connectivity index (χ1n) is 11.4. The van der Waals surface area contributed by atoms with Gasteiger partial charge in [0.2, 0.25) is 0 Å². The van der Waals surface area contributed by atoms with Gasteiger partial charge in [0.15, 0.2) is 18.9 Å². The summed E-state index contributed by atoms with van der Waals surface area (Å²) in [6.45, 7) is 0.549. The van der Waals surface area contributed by atoms with E-state index in [9.17, 15) is 19.1 Å². The van der Waals surface area contributed by atoms with Crippen LogP contribution in [0, 0.1) is 0 Å². The average Bonchev–Trinajstić information content (AvgIpc) is 2.91. The molecule has 4 aromatic rings. The Kier molecular flexibility index (Phi) is 8.15. The average molecular weight is 514 g/mol. The summed E-state index contributed by atoms with van der Waals surface area (Å²) in [4.78, 5) is 32.5. The van der Waals surface area contributed by atoms with Gasteiger partial charge in [-0.25, -0.2) is 4.57 Å². The van der Waals surface area contributed by atoms with E-state index in [4.69, 9.17) is 0 Å². The summed E-state index contributed by atoms with van der Waals surface area (Å²) in [6, 6.07) is 26.8. The molecule has 1 aromatic heterocycles. The number of aromatic nitrogens is 1. The molecule has 2 N–H and O–H groups in total. The first-order valence-corrected chi connectivity index (χ1v) is 13.1. The lowest BCUT2D eigenvalue weighted by Gasteiger charge is -2.15. The van der Waals surface area contributed by atoms with Crippen LogP contribution < -0.4 is 14.8 Å². The minimum Gasteiger partial charge on any atom is -0.321 e. The number of benzene rings is 3. The fraction of sp³-hybridized carbons (Fsp3) is 0.0714. The van der Waals surface area contributed by atoms with E-state index in [2.05, 4.69) is 10.2 Å². The maximum absolute atomic E-state index is 12.5. The molecule has 1 amide bonds. The topological polar surface area (TPSA) is 106 Å². The third-order valence-electron chi connectivity index (χ3n) is 5.58. The van der Waals surface area contributed by atoms with Crippen LogP contribution >= 0.6 is 7.60 Å². The number of pyridine rings is 1. The molecule has 0 unspecified atom stereocenters. The first-order chi connectivity index (χ1) is 17.8. The smallest absolute Gasteiger partial charge is 0.321 e. The molecule has 0 saturated carbocycles.